The lowest BCUT2D eigenvalue weighted by atomic mass is 10.1. The normalized spacial score (nSPS) is 10.3. The molecule has 0 aliphatic carbocycles. The molecule has 0 aliphatic rings. The minimum Gasteiger partial charge on any atom is -0.618 e. The predicted octanol–water partition coefficient (Wildman–Crippen LogP) is 2.92. The molecule has 0 saturated carbocycles. The van der Waals surface area contributed by atoms with Gasteiger partial charge >= 0.3 is 0 Å². The van der Waals surface area contributed by atoms with E-state index in [4.69, 9.17) is 0 Å². The van der Waals surface area contributed by atoms with E-state index >= 15 is 0 Å². The number of hydrogen-bond donors (Lipinski definition) is 0. The number of aromatic nitrogens is 1. The summed E-state index contributed by atoms with van der Waals surface area (Å²) < 4.78 is 0.906. The van der Waals surface area contributed by atoms with Gasteiger partial charge in [0.15, 0.2) is 6.20 Å². The van der Waals surface area contributed by atoms with Crippen molar-refractivity contribution in [2.75, 3.05) is 0 Å². The summed E-state index contributed by atoms with van der Waals surface area (Å²) in [5, 5.41) is 12.2. The van der Waals surface area contributed by atoms with Crippen LogP contribution in [-0.2, 0) is 5.75 Å². The summed E-state index contributed by atoms with van der Waals surface area (Å²) in [4.78, 5) is 0. The van der Waals surface area contributed by atoms with Gasteiger partial charge in [0.2, 0.25) is 0 Å². The first-order valence-corrected chi connectivity index (χ1v) is 6.11. The number of pyridine rings is 1. The van der Waals surface area contributed by atoms with Crippen molar-refractivity contribution in [3.8, 4) is 0 Å². The Balaban J connectivity index is 2.09. The van der Waals surface area contributed by atoms with Crippen LogP contribution >= 0.6 is 11.8 Å². The van der Waals surface area contributed by atoms with Gasteiger partial charge in [-0.3, -0.25) is 0 Å². The Morgan fingerprint density at radius 2 is 1.88 bits per heavy atom. The van der Waals surface area contributed by atoms with Gasteiger partial charge in [0.1, 0.15) is 0 Å². The van der Waals surface area contributed by atoms with Gasteiger partial charge in [-0.2, -0.15) is 4.73 Å². The van der Waals surface area contributed by atoms with Crippen LogP contribution in [0.1, 0.15) is 11.1 Å². The largest absolute Gasteiger partial charge is 0.618 e. The van der Waals surface area contributed by atoms with Gasteiger partial charge in [0.25, 0.3) is 5.03 Å². The zero-order chi connectivity index (χ0) is 11.4. The van der Waals surface area contributed by atoms with Crippen molar-refractivity contribution in [3.63, 3.8) is 0 Å². The zero-order valence-corrected chi connectivity index (χ0v) is 9.91. The molecule has 1 heterocycles. The van der Waals surface area contributed by atoms with Crippen LogP contribution in [0.15, 0.2) is 53.7 Å². The maximum Gasteiger partial charge on any atom is 0.251 e. The van der Waals surface area contributed by atoms with Gasteiger partial charge in [-0.15, -0.1) is 0 Å². The quantitative estimate of drug-likeness (QED) is 0.461. The van der Waals surface area contributed by atoms with Crippen molar-refractivity contribution in [2.45, 2.75) is 17.7 Å². The molecule has 0 fully saturated rings. The first-order chi connectivity index (χ1) is 7.77. The number of thioether (sulfide) groups is 1. The predicted molar refractivity (Wildman–Crippen MR) is 66.1 cm³/mol. The average molecular weight is 231 g/mol. The first-order valence-electron chi connectivity index (χ1n) is 5.13. The summed E-state index contributed by atoms with van der Waals surface area (Å²) >= 11 is 1.56. The van der Waals surface area contributed by atoms with Crippen LogP contribution in [0.4, 0.5) is 0 Å². The van der Waals surface area contributed by atoms with E-state index in [0.29, 0.717) is 0 Å². The molecular weight excluding hydrogens is 218 g/mol. The van der Waals surface area contributed by atoms with E-state index in [1.54, 1.807) is 17.8 Å². The Hall–Kier alpha value is -1.48. The summed E-state index contributed by atoms with van der Waals surface area (Å²) in [6.45, 7) is 2.09. The van der Waals surface area contributed by atoms with E-state index in [1.807, 2.05) is 24.3 Å². The van der Waals surface area contributed by atoms with Crippen LogP contribution in [0.2, 0.25) is 0 Å². The minimum absolute atomic E-state index is 0.741. The molecule has 0 N–H and O–H groups in total. The lowest BCUT2D eigenvalue weighted by molar-refractivity contribution is -0.645. The van der Waals surface area contributed by atoms with Crippen LogP contribution in [0.25, 0.3) is 0 Å². The Kier molecular flexibility index (Phi) is 3.47. The SMILES string of the molecule is Cc1ccccc1CSc1cccc[n+]1[O-]. The fraction of sp³-hybridized carbons (Fsp3) is 0.154. The topological polar surface area (TPSA) is 26.9 Å². The number of hydrogen-bond acceptors (Lipinski definition) is 2. The van der Waals surface area contributed by atoms with Crippen molar-refractivity contribution in [2.24, 2.45) is 0 Å². The highest BCUT2D eigenvalue weighted by molar-refractivity contribution is 7.98. The molecule has 0 atom stereocenters. The van der Waals surface area contributed by atoms with Gasteiger partial charge < -0.3 is 5.21 Å². The van der Waals surface area contributed by atoms with Crippen molar-refractivity contribution in [1.82, 2.24) is 0 Å². The monoisotopic (exact) mass is 231 g/mol. The van der Waals surface area contributed by atoms with Crippen molar-refractivity contribution in [3.05, 3.63) is 65.0 Å². The molecule has 0 bridgehead atoms. The second-order valence-electron chi connectivity index (χ2n) is 3.58. The van der Waals surface area contributed by atoms with Crippen LogP contribution < -0.4 is 4.73 Å². The molecule has 16 heavy (non-hydrogen) atoms. The number of nitrogens with zero attached hydrogens (tertiary/aromatic N) is 1. The molecule has 0 aliphatic heterocycles. The Morgan fingerprint density at radius 3 is 2.62 bits per heavy atom. The summed E-state index contributed by atoms with van der Waals surface area (Å²) in [5.74, 6) is 0.832. The van der Waals surface area contributed by atoms with Gasteiger partial charge in [-0.25, -0.2) is 0 Å². The first kappa shape index (κ1) is 11.0. The number of rotatable bonds is 3. The van der Waals surface area contributed by atoms with Gasteiger partial charge in [-0.05, 0) is 24.1 Å². The van der Waals surface area contributed by atoms with Crippen LogP contribution in [0, 0.1) is 12.1 Å². The average Bonchev–Trinajstić information content (AvgIpc) is 2.30. The summed E-state index contributed by atoms with van der Waals surface area (Å²) in [5.41, 5.74) is 2.54. The highest BCUT2D eigenvalue weighted by Crippen LogP contribution is 2.21. The van der Waals surface area contributed by atoms with E-state index in [1.165, 1.54) is 17.3 Å². The summed E-state index contributed by atoms with van der Waals surface area (Å²) in [7, 11) is 0. The van der Waals surface area contributed by atoms with Crippen molar-refractivity contribution >= 4 is 11.8 Å². The van der Waals surface area contributed by atoms with E-state index in [2.05, 4.69) is 19.1 Å². The second kappa shape index (κ2) is 5.03. The van der Waals surface area contributed by atoms with Crippen LogP contribution in [0.5, 0.6) is 0 Å². The number of aryl methyl sites for hydroxylation is 1. The van der Waals surface area contributed by atoms with E-state index in [9.17, 15) is 5.21 Å². The van der Waals surface area contributed by atoms with E-state index < -0.39 is 0 Å². The van der Waals surface area contributed by atoms with Gasteiger partial charge in [0.05, 0.1) is 0 Å². The molecular formula is C13H13NOS. The third-order valence-electron chi connectivity index (χ3n) is 2.43. The molecule has 2 aromatic rings. The van der Waals surface area contributed by atoms with Crippen molar-refractivity contribution < 1.29 is 4.73 Å². The summed E-state index contributed by atoms with van der Waals surface area (Å²) in [6, 6.07) is 13.7. The number of benzene rings is 1. The fourth-order valence-corrected chi connectivity index (χ4v) is 2.44. The second-order valence-corrected chi connectivity index (χ2v) is 4.58. The Morgan fingerprint density at radius 1 is 1.12 bits per heavy atom. The van der Waals surface area contributed by atoms with E-state index in [0.717, 1.165) is 15.5 Å². The molecule has 2 nitrogen and oxygen atoms in total. The van der Waals surface area contributed by atoms with Gasteiger partial charge in [0, 0.05) is 17.9 Å². The Labute approximate surface area is 99.5 Å². The summed E-state index contributed by atoms with van der Waals surface area (Å²) in [6.07, 6.45) is 1.53. The smallest absolute Gasteiger partial charge is 0.251 e. The lowest BCUT2D eigenvalue weighted by Gasteiger charge is -2.05. The fourth-order valence-electron chi connectivity index (χ4n) is 1.45. The van der Waals surface area contributed by atoms with Crippen LogP contribution in [-0.4, -0.2) is 0 Å². The minimum atomic E-state index is 0.741. The zero-order valence-electron chi connectivity index (χ0n) is 9.09. The third-order valence-corrected chi connectivity index (χ3v) is 3.49. The maximum atomic E-state index is 11.4. The highest BCUT2D eigenvalue weighted by Gasteiger charge is 2.05. The third kappa shape index (κ3) is 2.55. The van der Waals surface area contributed by atoms with Crippen molar-refractivity contribution in [1.29, 1.82) is 0 Å². The molecule has 0 radical (unpaired) electrons. The molecule has 0 amide bonds. The Bertz CT molecular complexity index is 439. The highest BCUT2D eigenvalue weighted by atomic mass is 32.2. The molecule has 2 rings (SSSR count). The van der Waals surface area contributed by atoms with Gasteiger partial charge in [-0.1, -0.05) is 36.0 Å². The van der Waals surface area contributed by atoms with E-state index in [-0.39, 0.29) is 0 Å². The maximum absolute atomic E-state index is 11.4. The lowest BCUT2D eigenvalue weighted by Crippen LogP contribution is -2.27. The molecule has 1 aromatic heterocycles. The molecule has 0 unspecified atom stereocenters. The standard InChI is InChI=1S/C13H13NOS/c1-11-6-2-3-7-12(11)10-16-13-8-4-5-9-14(13)15/h2-9H,10H2,1H3. The molecule has 0 spiro atoms. The van der Waals surface area contributed by atoms with Crippen LogP contribution in [0.3, 0.4) is 0 Å². The molecule has 0 saturated heterocycles. The molecule has 1 aromatic carbocycles. The molecule has 3 heteroatoms. The molecule has 82 valence electrons.